The van der Waals surface area contributed by atoms with Gasteiger partial charge in [0.15, 0.2) is 0 Å². The summed E-state index contributed by atoms with van der Waals surface area (Å²) in [5, 5.41) is 0. The summed E-state index contributed by atoms with van der Waals surface area (Å²) in [4.78, 5) is 14.3. The predicted molar refractivity (Wildman–Crippen MR) is 79.5 cm³/mol. The summed E-state index contributed by atoms with van der Waals surface area (Å²) in [6.45, 7) is 0.924. The third-order valence-electron chi connectivity index (χ3n) is 3.37. The molecule has 0 saturated carbocycles. The number of anilines is 1. The molecule has 0 spiro atoms. The van der Waals surface area contributed by atoms with Crippen LogP contribution in [0.3, 0.4) is 0 Å². The van der Waals surface area contributed by atoms with Gasteiger partial charge in [-0.15, -0.1) is 0 Å². The van der Waals surface area contributed by atoms with Crippen LogP contribution in [0.15, 0.2) is 18.2 Å². The Kier molecular flexibility index (Phi) is 5.25. The first-order valence-corrected chi connectivity index (χ1v) is 7.71. The van der Waals surface area contributed by atoms with Crippen LogP contribution in [0.25, 0.3) is 0 Å². The molecule has 20 heavy (non-hydrogen) atoms. The van der Waals surface area contributed by atoms with E-state index < -0.39 is 5.82 Å². The van der Waals surface area contributed by atoms with Crippen molar-refractivity contribution < 1.29 is 13.9 Å². The van der Waals surface area contributed by atoms with Gasteiger partial charge in [-0.3, -0.25) is 4.79 Å². The third kappa shape index (κ3) is 3.43. The molecule has 0 radical (unpaired) electrons. The molecular weight excluding hydrogens is 279 g/mol. The lowest BCUT2D eigenvalue weighted by molar-refractivity contribution is 0.0620. The highest BCUT2D eigenvalue weighted by Gasteiger charge is 2.28. The minimum Gasteiger partial charge on any atom is -0.399 e. The maximum absolute atomic E-state index is 13.9. The van der Waals surface area contributed by atoms with Gasteiger partial charge in [-0.2, -0.15) is 11.8 Å². The molecule has 4 nitrogen and oxygen atoms in total. The maximum Gasteiger partial charge on any atom is 0.257 e. The fraction of sp³-hybridized carbons (Fsp3) is 0.500. The molecule has 1 saturated heterocycles. The summed E-state index contributed by atoms with van der Waals surface area (Å²) in [5.74, 6) is 1.08. The lowest BCUT2D eigenvalue weighted by atomic mass is 10.1. The lowest BCUT2D eigenvalue weighted by Crippen LogP contribution is -2.42. The van der Waals surface area contributed by atoms with E-state index >= 15 is 0 Å². The molecule has 1 amide bonds. The Labute approximate surface area is 122 Å². The Morgan fingerprint density at radius 2 is 2.40 bits per heavy atom. The largest absolute Gasteiger partial charge is 0.399 e. The van der Waals surface area contributed by atoms with Crippen molar-refractivity contribution in [3.63, 3.8) is 0 Å². The molecule has 110 valence electrons. The van der Waals surface area contributed by atoms with E-state index in [9.17, 15) is 9.18 Å². The highest BCUT2D eigenvalue weighted by Crippen LogP contribution is 2.24. The van der Waals surface area contributed by atoms with Crippen molar-refractivity contribution in [3.8, 4) is 0 Å². The van der Waals surface area contributed by atoms with Crippen molar-refractivity contribution in [2.75, 3.05) is 37.5 Å². The van der Waals surface area contributed by atoms with E-state index in [1.54, 1.807) is 18.1 Å². The number of carbonyl (C=O) groups excluding carboxylic acids is 1. The van der Waals surface area contributed by atoms with E-state index in [4.69, 9.17) is 10.5 Å². The summed E-state index contributed by atoms with van der Waals surface area (Å²) < 4.78 is 19.0. The van der Waals surface area contributed by atoms with E-state index in [2.05, 4.69) is 0 Å². The molecule has 1 aliphatic rings. The summed E-state index contributed by atoms with van der Waals surface area (Å²) in [6.07, 6.45) is 0.941. The average molecular weight is 298 g/mol. The smallest absolute Gasteiger partial charge is 0.257 e. The van der Waals surface area contributed by atoms with Gasteiger partial charge < -0.3 is 15.4 Å². The maximum atomic E-state index is 13.9. The zero-order chi connectivity index (χ0) is 14.5. The third-order valence-corrected chi connectivity index (χ3v) is 4.51. The van der Waals surface area contributed by atoms with Crippen molar-refractivity contribution >= 4 is 23.4 Å². The van der Waals surface area contributed by atoms with Crippen molar-refractivity contribution in [3.05, 3.63) is 29.6 Å². The monoisotopic (exact) mass is 298 g/mol. The Morgan fingerprint density at radius 1 is 1.60 bits per heavy atom. The van der Waals surface area contributed by atoms with Crippen LogP contribution in [0.1, 0.15) is 16.8 Å². The fourth-order valence-corrected chi connectivity index (χ4v) is 3.49. The van der Waals surface area contributed by atoms with Crippen LogP contribution in [-0.4, -0.2) is 48.6 Å². The Balaban J connectivity index is 2.20. The number of nitrogen functional groups attached to an aromatic ring is 1. The van der Waals surface area contributed by atoms with Gasteiger partial charge in [0.25, 0.3) is 5.91 Å². The summed E-state index contributed by atoms with van der Waals surface area (Å²) >= 11 is 1.81. The number of nitrogens with zero attached hydrogens (tertiary/aromatic N) is 1. The van der Waals surface area contributed by atoms with Gasteiger partial charge >= 0.3 is 0 Å². The van der Waals surface area contributed by atoms with Gasteiger partial charge in [0.1, 0.15) is 5.82 Å². The molecule has 0 aliphatic carbocycles. The standard InChI is InChI=1S/C14H19FN2O2S/c1-19-6-5-17(11-4-7-20-9-11)14(18)12-3-2-10(16)8-13(12)15/h2-3,8,11H,4-7,9,16H2,1H3. The van der Waals surface area contributed by atoms with Crippen molar-refractivity contribution in [2.45, 2.75) is 12.5 Å². The van der Waals surface area contributed by atoms with E-state index in [-0.39, 0.29) is 17.5 Å². The van der Waals surface area contributed by atoms with Gasteiger partial charge in [-0.05, 0) is 30.4 Å². The SMILES string of the molecule is COCCN(C(=O)c1ccc(N)cc1F)C1CCSC1. The first-order chi connectivity index (χ1) is 9.63. The van der Waals surface area contributed by atoms with Crippen LogP contribution in [0.4, 0.5) is 10.1 Å². The molecule has 1 fully saturated rings. The lowest BCUT2D eigenvalue weighted by Gasteiger charge is -2.28. The zero-order valence-electron chi connectivity index (χ0n) is 11.5. The predicted octanol–water partition coefficient (Wildman–Crippen LogP) is 2.00. The van der Waals surface area contributed by atoms with Gasteiger partial charge in [0, 0.05) is 31.1 Å². The number of ether oxygens (including phenoxy) is 1. The number of halogens is 1. The molecule has 2 N–H and O–H groups in total. The Hall–Kier alpha value is -1.27. The zero-order valence-corrected chi connectivity index (χ0v) is 12.3. The van der Waals surface area contributed by atoms with E-state index in [1.807, 2.05) is 11.8 Å². The quantitative estimate of drug-likeness (QED) is 0.845. The topological polar surface area (TPSA) is 55.6 Å². The van der Waals surface area contributed by atoms with Crippen LogP contribution in [0.5, 0.6) is 0 Å². The number of methoxy groups -OCH3 is 1. The second-order valence-electron chi connectivity index (χ2n) is 4.75. The minimum atomic E-state index is -0.567. The van der Waals surface area contributed by atoms with Crippen LogP contribution in [0.2, 0.25) is 0 Å². The van der Waals surface area contributed by atoms with Gasteiger partial charge in [0.05, 0.1) is 12.2 Å². The number of hydrogen-bond acceptors (Lipinski definition) is 4. The molecule has 1 unspecified atom stereocenters. The summed E-state index contributed by atoms with van der Waals surface area (Å²) in [7, 11) is 1.59. The van der Waals surface area contributed by atoms with Crippen LogP contribution >= 0.6 is 11.8 Å². The van der Waals surface area contributed by atoms with Crippen molar-refractivity contribution in [1.82, 2.24) is 4.90 Å². The molecule has 1 aromatic carbocycles. The molecule has 1 atom stereocenters. The van der Waals surface area contributed by atoms with E-state index in [0.717, 1.165) is 17.9 Å². The van der Waals surface area contributed by atoms with Crippen LogP contribution < -0.4 is 5.73 Å². The average Bonchev–Trinajstić information content (AvgIpc) is 2.93. The Morgan fingerprint density at radius 3 is 3.00 bits per heavy atom. The molecule has 6 heteroatoms. The first kappa shape index (κ1) is 15.1. The molecule has 1 aromatic rings. The summed E-state index contributed by atoms with van der Waals surface area (Å²) in [5.41, 5.74) is 5.91. The van der Waals surface area contributed by atoms with Gasteiger partial charge in [0.2, 0.25) is 0 Å². The molecule has 2 rings (SSSR count). The van der Waals surface area contributed by atoms with E-state index in [0.29, 0.717) is 18.8 Å². The number of hydrogen-bond donors (Lipinski definition) is 1. The van der Waals surface area contributed by atoms with Crippen molar-refractivity contribution in [1.29, 1.82) is 0 Å². The van der Waals surface area contributed by atoms with Crippen LogP contribution in [-0.2, 0) is 4.74 Å². The molecule has 1 heterocycles. The number of benzene rings is 1. The Bertz CT molecular complexity index is 478. The summed E-state index contributed by atoms with van der Waals surface area (Å²) in [6, 6.07) is 4.34. The second-order valence-corrected chi connectivity index (χ2v) is 5.90. The number of rotatable bonds is 5. The molecule has 0 aromatic heterocycles. The second kappa shape index (κ2) is 6.95. The molecule has 0 bridgehead atoms. The number of carbonyl (C=O) groups is 1. The van der Waals surface area contributed by atoms with Crippen molar-refractivity contribution in [2.24, 2.45) is 0 Å². The van der Waals surface area contributed by atoms with E-state index in [1.165, 1.54) is 12.1 Å². The highest BCUT2D eigenvalue weighted by molar-refractivity contribution is 7.99. The van der Waals surface area contributed by atoms with Crippen LogP contribution in [0, 0.1) is 5.82 Å². The normalized spacial score (nSPS) is 18.2. The fourth-order valence-electron chi connectivity index (χ4n) is 2.27. The minimum absolute atomic E-state index is 0.0761. The van der Waals surface area contributed by atoms with Gasteiger partial charge in [-0.1, -0.05) is 0 Å². The first-order valence-electron chi connectivity index (χ1n) is 6.56. The highest BCUT2D eigenvalue weighted by atomic mass is 32.2. The molecule has 1 aliphatic heterocycles. The number of nitrogens with two attached hydrogens (primary N) is 1. The van der Waals surface area contributed by atoms with Gasteiger partial charge in [-0.25, -0.2) is 4.39 Å². The number of thioether (sulfide) groups is 1. The molecular formula is C14H19FN2O2S. The number of amides is 1.